The zero-order chi connectivity index (χ0) is 14.4. The number of nitrogens with one attached hydrogen (secondary N) is 1. The number of benzene rings is 1. The summed E-state index contributed by atoms with van der Waals surface area (Å²) in [7, 11) is 3.11. The van der Waals surface area contributed by atoms with Gasteiger partial charge in [-0.25, -0.2) is 4.79 Å². The van der Waals surface area contributed by atoms with Crippen LogP contribution in [0.25, 0.3) is 0 Å². The fraction of sp³-hybridized carbons (Fsp3) is 0.562. The molecule has 1 atom stereocenters. The van der Waals surface area contributed by atoms with Gasteiger partial charge in [-0.2, -0.15) is 0 Å². The van der Waals surface area contributed by atoms with E-state index in [1.54, 1.807) is 7.11 Å². The lowest BCUT2D eigenvalue weighted by Crippen LogP contribution is -2.36. The average Bonchev–Trinajstić information content (AvgIpc) is 2.98. The molecule has 0 amide bonds. The summed E-state index contributed by atoms with van der Waals surface area (Å²) in [4.78, 5) is 12.0. The first-order chi connectivity index (χ1) is 9.74. The summed E-state index contributed by atoms with van der Waals surface area (Å²) in [5, 5.41) is 3.43. The molecule has 0 radical (unpaired) electrons. The van der Waals surface area contributed by atoms with Gasteiger partial charge >= 0.3 is 5.97 Å². The summed E-state index contributed by atoms with van der Waals surface area (Å²) in [6.07, 6.45) is 4.74. The highest BCUT2D eigenvalue weighted by Crippen LogP contribution is 2.23. The molecular formula is C16H23NO3. The number of rotatable bonds is 6. The average molecular weight is 277 g/mol. The maximum absolute atomic E-state index is 12.0. The standard InChI is InChI=1S/C16H23NO3/c1-19-11-12-7-9-13(10-8-12)15(16(18)20-2)17-14-5-3-4-6-14/h7-10,14-15,17H,3-6,11H2,1-2H3. The number of carbonyl (C=O) groups is 1. The Morgan fingerprint density at radius 2 is 1.90 bits per heavy atom. The number of hydrogen-bond acceptors (Lipinski definition) is 4. The summed E-state index contributed by atoms with van der Waals surface area (Å²) in [5.41, 5.74) is 2.05. The van der Waals surface area contributed by atoms with Crippen LogP contribution in [-0.4, -0.2) is 26.2 Å². The topological polar surface area (TPSA) is 47.6 Å². The second kappa shape index (κ2) is 7.41. The molecule has 1 aromatic rings. The number of methoxy groups -OCH3 is 2. The van der Waals surface area contributed by atoms with Gasteiger partial charge in [-0.15, -0.1) is 0 Å². The van der Waals surface area contributed by atoms with Crippen molar-refractivity contribution in [2.45, 2.75) is 44.4 Å². The third-order valence-corrected chi connectivity index (χ3v) is 3.82. The minimum atomic E-state index is -0.375. The molecule has 0 spiro atoms. The summed E-state index contributed by atoms with van der Waals surface area (Å²) < 4.78 is 10.0. The largest absolute Gasteiger partial charge is 0.468 e. The molecule has 20 heavy (non-hydrogen) atoms. The fourth-order valence-electron chi connectivity index (χ4n) is 2.72. The lowest BCUT2D eigenvalue weighted by molar-refractivity contribution is -0.143. The molecule has 1 aliphatic carbocycles. The molecule has 1 N–H and O–H groups in total. The van der Waals surface area contributed by atoms with Crippen molar-refractivity contribution in [1.82, 2.24) is 5.32 Å². The molecule has 0 bridgehead atoms. The molecule has 4 heteroatoms. The normalized spacial score (nSPS) is 17.1. The maximum atomic E-state index is 12.0. The lowest BCUT2D eigenvalue weighted by Gasteiger charge is -2.21. The molecule has 110 valence electrons. The van der Waals surface area contributed by atoms with Gasteiger partial charge in [0.2, 0.25) is 0 Å². The molecular weight excluding hydrogens is 254 g/mol. The molecule has 1 aliphatic rings. The van der Waals surface area contributed by atoms with E-state index in [-0.39, 0.29) is 12.0 Å². The van der Waals surface area contributed by atoms with Crippen molar-refractivity contribution in [2.75, 3.05) is 14.2 Å². The van der Waals surface area contributed by atoms with Gasteiger partial charge in [0.15, 0.2) is 0 Å². The Hall–Kier alpha value is -1.39. The highest BCUT2D eigenvalue weighted by molar-refractivity contribution is 5.77. The van der Waals surface area contributed by atoms with Crippen molar-refractivity contribution < 1.29 is 14.3 Å². The number of carbonyl (C=O) groups excluding carboxylic acids is 1. The summed E-state index contributed by atoms with van der Waals surface area (Å²) in [6, 6.07) is 7.96. The zero-order valence-electron chi connectivity index (χ0n) is 12.2. The van der Waals surface area contributed by atoms with E-state index in [4.69, 9.17) is 9.47 Å². The van der Waals surface area contributed by atoms with Crippen molar-refractivity contribution >= 4 is 5.97 Å². The minimum absolute atomic E-state index is 0.226. The molecule has 4 nitrogen and oxygen atoms in total. The summed E-state index contributed by atoms with van der Waals surface area (Å²) in [5.74, 6) is -0.226. The summed E-state index contributed by atoms with van der Waals surface area (Å²) >= 11 is 0. The van der Waals surface area contributed by atoms with Crippen LogP contribution in [-0.2, 0) is 20.9 Å². The van der Waals surface area contributed by atoms with Gasteiger partial charge in [-0.1, -0.05) is 37.1 Å². The Balaban J connectivity index is 2.10. The van der Waals surface area contributed by atoms with Crippen LogP contribution in [0, 0.1) is 0 Å². The first-order valence-electron chi connectivity index (χ1n) is 7.16. The van der Waals surface area contributed by atoms with Crippen LogP contribution in [0.5, 0.6) is 0 Å². The van der Waals surface area contributed by atoms with E-state index in [1.165, 1.54) is 20.0 Å². The molecule has 1 fully saturated rings. The number of esters is 1. The van der Waals surface area contributed by atoms with Crippen LogP contribution in [0.4, 0.5) is 0 Å². The fourth-order valence-corrected chi connectivity index (χ4v) is 2.72. The highest BCUT2D eigenvalue weighted by atomic mass is 16.5. The molecule has 0 heterocycles. The van der Waals surface area contributed by atoms with E-state index in [2.05, 4.69) is 5.32 Å². The third kappa shape index (κ3) is 3.81. The molecule has 0 aromatic heterocycles. The predicted molar refractivity (Wildman–Crippen MR) is 77.3 cm³/mol. The van der Waals surface area contributed by atoms with E-state index in [9.17, 15) is 4.79 Å². The Morgan fingerprint density at radius 1 is 1.25 bits per heavy atom. The first kappa shape index (κ1) is 15.0. The van der Waals surface area contributed by atoms with Crippen LogP contribution >= 0.6 is 0 Å². The van der Waals surface area contributed by atoms with Crippen LogP contribution in [0.15, 0.2) is 24.3 Å². The van der Waals surface area contributed by atoms with Crippen molar-refractivity contribution in [3.8, 4) is 0 Å². The van der Waals surface area contributed by atoms with Gasteiger partial charge in [0.25, 0.3) is 0 Å². The predicted octanol–water partition coefficient (Wildman–Crippen LogP) is 2.58. The Kier molecular flexibility index (Phi) is 5.56. The van der Waals surface area contributed by atoms with Crippen molar-refractivity contribution in [3.63, 3.8) is 0 Å². The van der Waals surface area contributed by atoms with E-state index < -0.39 is 0 Å². The van der Waals surface area contributed by atoms with Crippen LogP contribution < -0.4 is 5.32 Å². The second-order valence-corrected chi connectivity index (χ2v) is 5.28. The Labute approximate surface area is 120 Å². The van der Waals surface area contributed by atoms with Crippen molar-refractivity contribution in [1.29, 1.82) is 0 Å². The van der Waals surface area contributed by atoms with Gasteiger partial charge in [-0.3, -0.25) is 5.32 Å². The lowest BCUT2D eigenvalue weighted by atomic mass is 10.0. The van der Waals surface area contributed by atoms with E-state index >= 15 is 0 Å². The van der Waals surface area contributed by atoms with Crippen molar-refractivity contribution in [3.05, 3.63) is 35.4 Å². The van der Waals surface area contributed by atoms with Gasteiger partial charge in [0, 0.05) is 13.2 Å². The Morgan fingerprint density at radius 3 is 2.45 bits per heavy atom. The number of ether oxygens (including phenoxy) is 2. The maximum Gasteiger partial charge on any atom is 0.327 e. The third-order valence-electron chi connectivity index (χ3n) is 3.82. The minimum Gasteiger partial charge on any atom is -0.468 e. The van der Waals surface area contributed by atoms with E-state index in [0.717, 1.165) is 24.0 Å². The molecule has 0 aliphatic heterocycles. The Bertz CT molecular complexity index is 424. The molecule has 0 saturated heterocycles. The van der Waals surface area contributed by atoms with Crippen molar-refractivity contribution in [2.24, 2.45) is 0 Å². The van der Waals surface area contributed by atoms with Crippen LogP contribution in [0.1, 0.15) is 42.9 Å². The van der Waals surface area contributed by atoms with Gasteiger partial charge in [-0.05, 0) is 24.0 Å². The smallest absolute Gasteiger partial charge is 0.327 e. The SMILES string of the molecule is COCc1ccc(C(NC2CCCC2)C(=O)OC)cc1. The number of hydrogen-bond donors (Lipinski definition) is 1. The highest BCUT2D eigenvalue weighted by Gasteiger charge is 2.26. The molecule has 1 aromatic carbocycles. The quantitative estimate of drug-likeness (QED) is 0.812. The first-order valence-corrected chi connectivity index (χ1v) is 7.16. The monoisotopic (exact) mass is 277 g/mol. The molecule has 2 rings (SSSR count). The second-order valence-electron chi connectivity index (χ2n) is 5.28. The van der Waals surface area contributed by atoms with Crippen LogP contribution in [0.3, 0.4) is 0 Å². The van der Waals surface area contributed by atoms with Gasteiger partial charge < -0.3 is 9.47 Å². The van der Waals surface area contributed by atoms with E-state index in [1.807, 2.05) is 24.3 Å². The zero-order valence-corrected chi connectivity index (χ0v) is 12.2. The van der Waals surface area contributed by atoms with Crippen LogP contribution in [0.2, 0.25) is 0 Å². The van der Waals surface area contributed by atoms with Gasteiger partial charge in [0.1, 0.15) is 6.04 Å². The summed E-state index contributed by atoms with van der Waals surface area (Å²) in [6.45, 7) is 0.583. The molecule has 1 unspecified atom stereocenters. The van der Waals surface area contributed by atoms with Gasteiger partial charge in [0.05, 0.1) is 13.7 Å². The molecule has 1 saturated carbocycles. The van der Waals surface area contributed by atoms with E-state index in [0.29, 0.717) is 12.6 Å².